The van der Waals surface area contributed by atoms with E-state index < -0.39 is 37.0 Å². The molecule has 0 atom stereocenters. The van der Waals surface area contributed by atoms with E-state index >= 15 is 0 Å². The van der Waals surface area contributed by atoms with Gasteiger partial charge in [0.15, 0.2) is 9.84 Å². The van der Waals surface area contributed by atoms with Gasteiger partial charge in [0.05, 0.1) is 27.2 Å². The van der Waals surface area contributed by atoms with Crippen molar-refractivity contribution in [2.24, 2.45) is 0 Å². The molecule has 2 rings (SSSR count). The second-order valence-corrected chi connectivity index (χ2v) is 8.37. The molecule has 2 aromatic carbocycles. The van der Waals surface area contributed by atoms with Crippen molar-refractivity contribution in [3.05, 3.63) is 67.8 Å². The summed E-state index contributed by atoms with van der Waals surface area (Å²) in [6, 6.07) is 7.81. The molecule has 0 heterocycles. The lowest BCUT2D eigenvalue weighted by atomic mass is 10.0. The van der Waals surface area contributed by atoms with Crippen LogP contribution in [0.15, 0.2) is 36.4 Å². The average Bonchev–Trinajstić information content (AvgIpc) is 2.60. The van der Waals surface area contributed by atoms with Crippen molar-refractivity contribution in [2.45, 2.75) is 6.92 Å². The maximum absolute atomic E-state index is 12.6. The zero-order chi connectivity index (χ0) is 21.8. The molecule has 1 N–H and O–H groups in total. The Morgan fingerprint density at radius 1 is 1.14 bits per heavy atom. The van der Waals surface area contributed by atoms with Gasteiger partial charge >= 0.3 is 0 Å². The lowest BCUT2D eigenvalue weighted by Crippen LogP contribution is -2.15. The van der Waals surface area contributed by atoms with Crippen molar-refractivity contribution in [3.8, 4) is 5.75 Å². The van der Waals surface area contributed by atoms with Crippen LogP contribution in [0.2, 0.25) is 0 Å². The van der Waals surface area contributed by atoms with Gasteiger partial charge in [0.2, 0.25) is 0 Å². The van der Waals surface area contributed by atoms with Gasteiger partial charge in [-0.25, -0.2) is 8.42 Å². The molecule has 29 heavy (non-hydrogen) atoms. The number of carbonyl (C=O) groups is 1. The van der Waals surface area contributed by atoms with E-state index in [0.717, 1.165) is 18.4 Å². The molecule has 2 aromatic rings. The molecule has 0 aliphatic rings. The van der Waals surface area contributed by atoms with Gasteiger partial charge in [-0.3, -0.25) is 25.0 Å². The van der Waals surface area contributed by atoms with E-state index in [0.29, 0.717) is 5.75 Å². The van der Waals surface area contributed by atoms with E-state index in [1.807, 2.05) is 0 Å². The van der Waals surface area contributed by atoms with Gasteiger partial charge < -0.3 is 10.1 Å². The minimum Gasteiger partial charge on any atom is -0.492 e. The standard InChI is InChI=1S/C17H17N3O8S/c1-11-15(9-13(19(22)23)10-16(11)20(24)25)17(21)18-12-4-3-5-14(8-12)28-6-7-29(2,26)27/h3-5,8-10H,6-7H2,1-2H3,(H,18,21). The lowest BCUT2D eigenvalue weighted by Gasteiger charge is -2.10. The summed E-state index contributed by atoms with van der Waals surface area (Å²) < 4.78 is 27.6. The van der Waals surface area contributed by atoms with Gasteiger partial charge in [0.1, 0.15) is 12.4 Å². The summed E-state index contributed by atoms with van der Waals surface area (Å²) in [5.41, 5.74) is -1.08. The number of nitro groups is 2. The Balaban J connectivity index is 2.25. The fourth-order valence-electron chi connectivity index (χ4n) is 2.39. The number of non-ortho nitro benzene ring substituents is 1. The highest BCUT2D eigenvalue weighted by atomic mass is 32.2. The summed E-state index contributed by atoms with van der Waals surface area (Å²) in [5, 5.41) is 24.7. The van der Waals surface area contributed by atoms with Crippen LogP contribution in [0.1, 0.15) is 15.9 Å². The Hall–Kier alpha value is -3.54. The molecule has 0 aliphatic carbocycles. The number of carbonyl (C=O) groups excluding carboxylic acids is 1. The number of nitro benzene ring substituents is 2. The Kier molecular flexibility index (Phi) is 6.49. The van der Waals surface area contributed by atoms with Gasteiger partial charge in [0, 0.05) is 29.6 Å². The number of ether oxygens (including phenoxy) is 1. The van der Waals surface area contributed by atoms with Crippen LogP contribution in [0.25, 0.3) is 0 Å². The van der Waals surface area contributed by atoms with Gasteiger partial charge in [0.25, 0.3) is 17.3 Å². The molecule has 0 saturated heterocycles. The van der Waals surface area contributed by atoms with Gasteiger partial charge in [-0.1, -0.05) is 6.07 Å². The van der Waals surface area contributed by atoms with E-state index in [4.69, 9.17) is 4.74 Å². The second-order valence-electron chi connectivity index (χ2n) is 6.11. The molecule has 0 aliphatic heterocycles. The van der Waals surface area contributed by atoms with Crippen molar-refractivity contribution >= 4 is 32.8 Å². The molecule has 11 nitrogen and oxygen atoms in total. The van der Waals surface area contributed by atoms with Crippen LogP contribution in [0, 0.1) is 27.2 Å². The summed E-state index contributed by atoms with van der Waals surface area (Å²) in [7, 11) is -3.19. The van der Waals surface area contributed by atoms with Gasteiger partial charge in [-0.2, -0.15) is 0 Å². The number of hydrogen-bond donors (Lipinski definition) is 1. The fraction of sp³-hybridized carbons (Fsp3) is 0.235. The van der Waals surface area contributed by atoms with E-state index in [-0.39, 0.29) is 29.2 Å². The Bertz CT molecular complexity index is 1080. The number of rotatable bonds is 8. The Morgan fingerprint density at radius 3 is 2.41 bits per heavy atom. The molecule has 0 saturated carbocycles. The monoisotopic (exact) mass is 423 g/mol. The minimum absolute atomic E-state index is 0.0151. The molecule has 0 unspecified atom stereocenters. The molecule has 0 spiro atoms. The second kappa shape index (κ2) is 8.65. The molecule has 0 aromatic heterocycles. The summed E-state index contributed by atoms with van der Waals surface area (Å²) in [4.78, 5) is 33.1. The maximum atomic E-state index is 12.6. The van der Waals surface area contributed by atoms with E-state index in [1.165, 1.54) is 19.1 Å². The summed E-state index contributed by atoms with van der Waals surface area (Å²) in [6.07, 6.45) is 1.08. The largest absolute Gasteiger partial charge is 0.492 e. The highest BCUT2D eigenvalue weighted by Gasteiger charge is 2.24. The lowest BCUT2D eigenvalue weighted by molar-refractivity contribution is -0.394. The van der Waals surface area contributed by atoms with Crippen LogP contribution < -0.4 is 10.1 Å². The normalized spacial score (nSPS) is 11.0. The Labute approximate surface area is 165 Å². The van der Waals surface area contributed by atoms with Crippen molar-refractivity contribution in [1.82, 2.24) is 0 Å². The van der Waals surface area contributed by atoms with Crippen LogP contribution in [0.5, 0.6) is 5.75 Å². The number of nitrogens with zero attached hydrogens (tertiary/aromatic N) is 2. The molecule has 154 valence electrons. The molecule has 12 heteroatoms. The number of amides is 1. The van der Waals surface area contributed by atoms with Crippen LogP contribution in [-0.2, 0) is 9.84 Å². The third-order valence-corrected chi connectivity index (χ3v) is 4.74. The van der Waals surface area contributed by atoms with Crippen molar-refractivity contribution in [1.29, 1.82) is 0 Å². The highest BCUT2D eigenvalue weighted by Crippen LogP contribution is 2.29. The highest BCUT2D eigenvalue weighted by molar-refractivity contribution is 7.90. The van der Waals surface area contributed by atoms with E-state index in [1.54, 1.807) is 12.1 Å². The van der Waals surface area contributed by atoms with Crippen LogP contribution in [-0.4, -0.2) is 42.8 Å². The third kappa shape index (κ3) is 5.97. The summed E-state index contributed by atoms with van der Waals surface area (Å²) >= 11 is 0. The topological polar surface area (TPSA) is 159 Å². The third-order valence-electron chi connectivity index (χ3n) is 3.83. The predicted octanol–water partition coefficient (Wildman–Crippen LogP) is 2.49. The van der Waals surface area contributed by atoms with Gasteiger partial charge in [-0.05, 0) is 19.1 Å². The first-order valence-electron chi connectivity index (χ1n) is 8.13. The van der Waals surface area contributed by atoms with Crippen LogP contribution >= 0.6 is 0 Å². The zero-order valence-electron chi connectivity index (χ0n) is 15.4. The molecular formula is C17H17N3O8S. The van der Waals surface area contributed by atoms with Crippen molar-refractivity contribution < 1.29 is 27.8 Å². The summed E-state index contributed by atoms with van der Waals surface area (Å²) in [5.74, 6) is -0.657. The number of benzene rings is 2. The van der Waals surface area contributed by atoms with E-state index in [2.05, 4.69) is 5.32 Å². The maximum Gasteiger partial charge on any atom is 0.279 e. The van der Waals surface area contributed by atoms with E-state index in [9.17, 15) is 33.4 Å². The zero-order valence-corrected chi connectivity index (χ0v) is 16.3. The number of anilines is 1. The SMILES string of the molecule is Cc1c(C(=O)Nc2cccc(OCCS(C)(=O)=O)c2)cc([N+](=O)[O-])cc1[N+](=O)[O-]. The number of hydrogen-bond acceptors (Lipinski definition) is 8. The first-order valence-corrected chi connectivity index (χ1v) is 10.2. The predicted molar refractivity (Wildman–Crippen MR) is 104 cm³/mol. The number of nitrogens with one attached hydrogen (secondary N) is 1. The molecule has 1 amide bonds. The van der Waals surface area contributed by atoms with Crippen LogP contribution in [0.4, 0.5) is 17.1 Å². The quantitative estimate of drug-likeness (QED) is 0.501. The summed E-state index contributed by atoms with van der Waals surface area (Å²) in [6.45, 7) is 1.24. The smallest absolute Gasteiger partial charge is 0.279 e. The van der Waals surface area contributed by atoms with Crippen molar-refractivity contribution in [2.75, 3.05) is 23.9 Å². The molecule has 0 radical (unpaired) electrons. The minimum atomic E-state index is -3.19. The van der Waals surface area contributed by atoms with Crippen LogP contribution in [0.3, 0.4) is 0 Å². The molecule has 0 bridgehead atoms. The Morgan fingerprint density at radius 2 is 1.83 bits per heavy atom. The molecule has 0 fully saturated rings. The number of sulfone groups is 1. The first kappa shape index (κ1) is 21.8. The first-order chi connectivity index (χ1) is 13.5. The molecular weight excluding hydrogens is 406 g/mol. The average molecular weight is 423 g/mol. The fourth-order valence-corrected chi connectivity index (χ4v) is 2.77. The van der Waals surface area contributed by atoms with Crippen molar-refractivity contribution in [3.63, 3.8) is 0 Å². The van der Waals surface area contributed by atoms with Gasteiger partial charge in [-0.15, -0.1) is 0 Å².